The maximum Gasteiger partial charge on any atom is 0.303 e. The quantitative estimate of drug-likeness (QED) is 0.161. The van der Waals surface area contributed by atoms with Crippen molar-refractivity contribution in [1.82, 2.24) is 0 Å². The zero-order chi connectivity index (χ0) is 21.4. The predicted octanol–water partition coefficient (Wildman–Crippen LogP) is 9.70. The van der Waals surface area contributed by atoms with Crippen molar-refractivity contribution in [2.24, 2.45) is 5.92 Å². The second-order valence-corrected chi connectivity index (χ2v) is 9.75. The number of carboxylic acids is 1. The first-order chi connectivity index (χ1) is 14.1. The second kappa shape index (κ2) is 23.7. The van der Waals surface area contributed by atoms with Crippen molar-refractivity contribution in [3.8, 4) is 0 Å². The Morgan fingerprint density at radius 3 is 0.966 bits per heavy atom. The highest BCUT2D eigenvalue weighted by atomic mass is 16.4. The summed E-state index contributed by atoms with van der Waals surface area (Å²) in [7, 11) is 0. The highest BCUT2D eigenvalue weighted by Gasteiger charge is 1.98. The first-order valence-electron chi connectivity index (χ1n) is 13.3. The van der Waals surface area contributed by atoms with E-state index in [0.29, 0.717) is 6.42 Å². The van der Waals surface area contributed by atoms with Gasteiger partial charge in [0.05, 0.1) is 0 Å². The molecule has 0 spiro atoms. The molecule has 0 saturated carbocycles. The number of hydrogen-bond donors (Lipinski definition) is 1. The van der Waals surface area contributed by atoms with Crippen LogP contribution >= 0.6 is 0 Å². The SMILES string of the molecule is CC(C)CCCCCCCCCCCCCCCCCCCCCCCC(=O)O. The summed E-state index contributed by atoms with van der Waals surface area (Å²) in [6, 6.07) is 0. The Labute approximate surface area is 183 Å². The summed E-state index contributed by atoms with van der Waals surface area (Å²) in [5.74, 6) is 0.234. The van der Waals surface area contributed by atoms with Gasteiger partial charge in [-0.1, -0.05) is 149 Å². The highest BCUT2D eigenvalue weighted by molar-refractivity contribution is 5.66. The van der Waals surface area contributed by atoms with Crippen molar-refractivity contribution in [2.45, 2.75) is 162 Å². The topological polar surface area (TPSA) is 37.3 Å². The Morgan fingerprint density at radius 1 is 0.483 bits per heavy atom. The average Bonchev–Trinajstić information content (AvgIpc) is 2.68. The minimum Gasteiger partial charge on any atom is -0.481 e. The second-order valence-electron chi connectivity index (χ2n) is 9.75. The molecule has 29 heavy (non-hydrogen) atoms. The summed E-state index contributed by atoms with van der Waals surface area (Å²) in [4.78, 5) is 10.4. The third-order valence-electron chi connectivity index (χ3n) is 6.17. The van der Waals surface area contributed by atoms with E-state index < -0.39 is 5.97 Å². The molecule has 0 unspecified atom stereocenters. The third-order valence-corrected chi connectivity index (χ3v) is 6.17. The van der Waals surface area contributed by atoms with Gasteiger partial charge in [-0.2, -0.15) is 0 Å². The van der Waals surface area contributed by atoms with Crippen molar-refractivity contribution < 1.29 is 9.90 Å². The summed E-state index contributed by atoms with van der Waals surface area (Å²) in [5, 5.41) is 8.59. The van der Waals surface area contributed by atoms with Gasteiger partial charge in [-0.05, 0) is 12.3 Å². The molecule has 0 aliphatic heterocycles. The van der Waals surface area contributed by atoms with Crippen LogP contribution in [0.4, 0.5) is 0 Å². The van der Waals surface area contributed by atoms with Gasteiger partial charge >= 0.3 is 5.97 Å². The van der Waals surface area contributed by atoms with Crippen LogP contribution in [0, 0.1) is 5.92 Å². The van der Waals surface area contributed by atoms with Crippen LogP contribution in [0.15, 0.2) is 0 Å². The molecular weight excluding hydrogens is 356 g/mol. The number of unbranched alkanes of at least 4 members (excludes halogenated alkanes) is 20. The molecule has 174 valence electrons. The lowest BCUT2D eigenvalue weighted by atomic mass is 10.0. The lowest BCUT2D eigenvalue weighted by Crippen LogP contribution is -1.93. The summed E-state index contributed by atoms with van der Waals surface area (Å²) in [5.41, 5.74) is 0. The summed E-state index contributed by atoms with van der Waals surface area (Å²) < 4.78 is 0. The van der Waals surface area contributed by atoms with E-state index in [9.17, 15) is 4.79 Å². The van der Waals surface area contributed by atoms with Crippen molar-refractivity contribution in [3.63, 3.8) is 0 Å². The van der Waals surface area contributed by atoms with E-state index in [1.807, 2.05) is 0 Å². The molecule has 0 saturated heterocycles. The fourth-order valence-corrected chi connectivity index (χ4v) is 4.19. The van der Waals surface area contributed by atoms with Crippen molar-refractivity contribution in [3.05, 3.63) is 0 Å². The monoisotopic (exact) mass is 410 g/mol. The van der Waals surface area contributed by atoms with Crippen LogP contribution < -0.4 is 0 Å². The Bertz CT molecular complexity index is 324. The fraction of sp³-hybridized carbons (Fsp3) is 0.963. The molecule has 2 nitrogen and oxygen atoms in total. The molecular formula is C27H54O2. The zero-order valence-corrected chi connectivity index (χ0v) is 20.2. The molecule has 2 heteroatoms. The smallest absolute Gasteiger partial charge is 0.303 e. The fourth-order valence-electron chi connectivity index (χ4n) is 4.19. The molecule has 0 bridgehead atoms. The van der Waals surface area contributed by atoms with Crippen LogP contribution in [0.3, 0.4) is 0 Å². The van der Waals surface area contributed by atoms with Gasteiger partial charge in [-0.3, -0.25) is 4.79 Å². The highest BCUT2D eigenvalue weighted by Crippen LogP contribution is 2.16. The van der Waals surface area contributed by atoms with Gasteiger partial charge in [0.2, 0.25) is 0 Å². The van der Waals surface area contributed by atoms with Gasteiger partial charge < -0.3 is 5.11 Å². The van der Waals surface area contributed by atoms with Gasteiger partial charge in [-0.25, -0.2) is 0 Å². The molecule has 0 heterocycles. The standard InChI is InChI=1S/C27H54O2/c1-26(2)24-22-20-18-16-14-12-10-8-6-4-3-5-7-9-11-13-15-17-19-21-23-25-27(28)29/h26H,3-25H2,1-2H3,(H,28,29). The van der Waals surface area contributed by atoms with Gasteiger partial charge in [0, 0.05) is 6.42 Å². The molecule has 0 atom stereocenters. The maximum atomic E-state index is 10.4. The van der Waals surface area contributed by atoms with E-state index >= 15 is 0 Å². The molecule has 0 rings (SSSR count). The largest absolute Gasteiger partial charge is 0.481 e. The minimum atomic E-state index is -0.650. The molecule has 0 aromatic heterocycles. The van der Waals surface area contributed by atoms with Gasteiger partial charge in [-0.15, -0.1) is 0 Å². The van der Waals surface area contributed by atoms with Crippen LogP contribution in [0.2, 0.25) is 0 Å². The Kier molecular flexibility index (Phi) is 23.3. The van der Waals surface area contributed by atoms with Crippen LogP contribution in [0.1, 0.15) is 162 Å². The van der Waals surface area contributed by atoms with E-state index in [4.69, 9.17) is 5.11 Å². The van der Waals surface area contributed by atoms with E-state index in [0.717, 1.165) is 18.8 Å². The first kappa shape index (κ1) is 28.5. The molecule has 0 aromatic rings. The van der Waals surface area contributed by atoms with Crippen molar-refractivity contribution in [2.75, 3.05) is 0 Å². The Balaban J connectivity index is 3.01. The summed E-state index contributed by atoms with van der Waals surface area (Å²) in [6.07, 6.45) is 30.6. The maximum absolute atomic E-state index is 10.4. The first-order valence-corrected chi connectivity index (χ1v) is 13.3. The minimum absolute atomic E-state index is 0.346. The van der Waals surface area contributed by atoms with Crippen LogP contribution in [-0.2, 0) is 4.79 Å². The predicted molar refractivity (Wildman–Crippen MR) is 129 cm³/mol. The van der Waals surface area contributed by atoms with Gasteiger partial charge in [0.1, 0.15) is 0 Å². The van der Waals surface area contributed by atoms with Gasteiger partial charge in [0.15, 0.2) is 0 Å². The summed E-state index contributed by atoms with van der Waals surface area (Å²) in [6.45, 7) is 4.67. The Morgan fingerprint density at radius 2 is 0.724 bits per heavy atom. The van der Waals surface area contributed by atoms with Crippen molar-refractivity contribution >= 4 is 5.97 Å². The van der Waals surface area contributed by atoms with E-state index in [1.54, 1.807) is 0 Å². The third kappa shape index (κ3) is 27.5. The molecule has 0 amide bonds. The molecule has 0 fully saturated rings. The molecule has 0 radical (unpaired) electrons. The summed E-state index contributed by atoms with van der Waals surface area (Å²) >= 11 is 0. The number of hydrogen-bond acceptors (Lipinski definition) is 1. The number of carboxylic acid groups (broad SMARTS) is 1. The van der Waals surface area contributed by atoms with Gasteiger partial charge in [0.25, 0.3) is 0 Å². The van der Waals surface area contributed by atoms with E-state index in [-0.39, 0.29) is 0 Å². The Hall–Kier alpha value is -0.530. The van der Waals surface area contributed by atoms with Crippen LogP contribution in [0.25, 0.3) is 0 Å². The number of aliphatic carboxylic acids is 1. The normalized spacial score (nSPS) is 11.4. The van der Waals surface area contributed by atoms with Crippen LogP contribution in [0.5, 0.6) is 0 Å². The lowest BCUT2D eigenvalue weighted by Gasteiger charge is -2.05. The molecule has 0 aliphatic rings. The molecule has 1 N–H and O–H groups in total. The average molecular weight is 411 g/mol. The van der Waals surface area contributed by atoms with Crippen LogP contribution in [-0.4, -0.2) is 11.1 Å². The number of rotatable bonds is 24. The lowest BCUT2D eigenvalue weighted by molar-refractivity contribution is -0.137. The van der Waals surface area contributed by atoms with E-state index in [1.165, 1.54) is 128 Å². The van der Waals surface area contributed by atoms with E-state index in [2.05, 4.69) is 13.8 Å². The van der Waals surface area contributed by atoms with Crippen molar-refractivity contribution in [1.29, 1.82) is 0 Å². The molecule has 0 aliphatic carbocycles. The molecule has 0 aromatic carbocycles. The zero-order valence-electron chi connectivity index (χ0n) is 20.2. The number of carbonyl (C=O) groups is 1.